The van der Waals surface area contributed by atoms with E-state index in [1.165, 1.54) is 109 Å². The Labute approximate surface area is 188 Å². The molecule has 0 N–H and O–H groups in total. The van der Waals surface area contributed by atoms with Crippen LogP contribution < -0.4 is 0 Å². The highest BCUT2D eigenvalue weighted by atomic mass is 32.1. The summed E-state index contributed by atoms with van der Waals surface area (Å²) in [6.45, 7) is 2.71. The largest absolute Gasteiger partial charge is 0.465 e. The maximum absolute atomic E-state index is 11.3. The van der Waals surface area contributed by atoms with Crippen molar-refractivity contribution in [3.8, 4) is 0 Å². The van der Waals surface area contributed by atoms with Crippen molar-refractivity contribution in [2.75, 3.05) is 12.4 Å². The van der Waals surface area contributed by atoms with Crippen LogP contribution in [-0.4, -0.2) is 18.3 Å². The van der Waals surface area contributed by atoms with Crippen LogP contribution in [0.2, 0.25) is 0 Å². The van der Waals surface area contributed by atoms with Crippen molar-refractivity contribution in [1.82, 2.24) is 0 Å². The number of hydrogen-bond acceptors (Lipinski definition) is 3. The minimum Gasteiger partial charge on any atom is -0.465 e. The molecule has 0 bridgehead atoms. The van der Waals surface area contributed by atoms with Gasteiger partial charge in [0.2, 0.25) is 0 Å². The van der Waals surface area contributed by atoms with Crippen LogP contribution >= 0.6 is 12.6 Å². The number of ether oxygens (including phenoxy) is 1. The van der Waals surface area contributed by atoms with Gasteiger partial charge in [-0.1, -0.05) is 109 Å². The number of unbranched alkanes of at least 4 members (excludes halogenated alkanes) is 17. The van der Waals surface area contributed by atoms with E-state index in [-0.39, 0.29) is 5.97 Å². The van der Waals surface area contributed by atoms with Crippen LogP contribution in [0, 0.1) is 0 Å². The highest BCUT2D eigenvalue weighted by Crippen LogP contribution is 2.14. The summed E-state index contributed by atoms with van der Waals surface area (Å²) >= 11 is 4.03. The van der Waals surface area contributed by atoms with E-state index in [4.69, 9.17) is 4.74 Å². The molecule has 0 aromatic carbocycles. The Balaban J connectivity index is 3.09. The first-order valence-electron chi connectivity index (χ1n) is 12.7. The van der Waals surface area contributed by atoms with Gasteiger partial charge in [0.25, 0.3) is 0 Å². The van der Waals surface area contributed by atoms with Crippen LogP contribution in [0.25, 0.3) is 0 Å². The molecule has 0 aliphatic rings. The van der Waals surface area contributed by atoms with Gasteiger partial charge < -0.3 is 4.74 Å². The number of rotatable bonds is 23. The first-order valence-corrected chi connectivity index (χ1v) is 13.4. The van der Waals surface area contributed by atoms with Crippen LogP contribution in [0.15, 0.2) is 12.2 Å². The lowest BCUT2D eigenvalue weighted by Gasteiger charge is -2.04. The zero-order chi connectivity index (χ0) is 21.3. The highest BCUT2D eigenvalue weighted by Gasteiger charge is 2.01. The molecule has 0 aliphatic heterocycles. The van der Waals surface area contributed by atoms with Crippen molar-refractivity contribution < 1.29 is 9.53 Å². The lowest BCUT2D eigenvalue weighted by molar-refractivity contribution is -0.143. The van der Waals surface area contributed by atoms with E-state index in [9.17, 15) is 4.79 Å². The van der Waals surface area contributed by atoms with E-state index in [2.05, 4.69) is 31.7 Å². The Morgan fingerprint density at radius 1 is 0.655 bits per heavy atom. The molecule has 0 aromatic rings. The van der Waals surface area contributed by atoms with Crippen LogP contribution in [0.5, 0.6) is 0 Å². The van der Waals surface area contributed by atoms with Crippen molar-refractivity contribution in [2.24, 2.45) is 0 Å². The van der Waals surface area contributed by atoms with E-state index in [1.54, 1.807) is 0 Å². The Morgan fingerprint density at radius 3 is 1.52 bits per heavy atom. The number of hydrogen-bond donors (Lipinski definition) is 1. The topological polar surface area (TPSA) is 26.3 Å². The van der Waals surface area contributed by atoms with E-state index in [1.807, 2.05) is 0 Å². The fourth-order valence-corrected chi connectivity index (χ4v) is 3.72. The summed E-state index contributed by atoms with van der Waals surface area (Å²) in [7, 11) is 0. The lowest BCUT2D eigenvalue weighted by Crippen LogP contribution is -2.06. The Morgan fingerprint density at radius 2 is 1.07 bits per heavy atom. The quantitative estimate of drug-likeness (QED) is 0.0764. The van der Waals surface area contributed by atoms with Crippen molar-refractivity contribution in [2.45, 2.75) is 135 Å². The second-order valence-corrected chi connectivity index (χ2v) is 8.85. The second kappa shape index (κ2) is 25.6. The average molecular weight is 427 g/mol. The number of thiol groups is 1. The first-order chi connectivity index (χ1) is 14.3. The van der Waals surface area contributed by atoms with Gasteiger partial charge in [0.05, 0.1) is 0 Å². The van der Waals surface area contributed by atoms with Gasteiger partial charge in [-0.3, -0.25) is 4.79 Å². The van der Waals surface area contributed by atoms with Crippen molar-refractivity contribution in [3.63, 3.8) is 0 Å². The first kappa shape index (κ1) is 28.6. The predicted octanol–water partition coefficient (Wildman–Crippen LogP) is 8.84. The van der Waals surface area contributed by atoms with E-state index in [0.29, 0.717) is 18.8 Å². The Hall–Kier alpha value is -0.440. The third-order valence-corrected chi connectivity index (χ3v) is 5.68. The number of carbonyl (C=O) groups is 1. The second-order valence-electron chi connectivity index (χ2n) is 8.40. The number of allylic oxidation sites excluding steroid dienone is 2. The normalized spacial score (nSPS) is 11.4. The van der Waals surface area contributed by atoms with Gasteiger partial charge in [-0.25, -0.2) is 0 Å². The molecule has 0 amide bonds. The number of esters is 1. The summed E-state index contributed by atoms with van der Waals surface area (Å²) in [6.07, 6.45) is 30.7. The highest BCUT2D eigenvalue weighted by molar-refractivity contribution is 7.80. The van der Waals surface area contributed by atoms with Crippen molar-refractivity contribution >= 4 is 18.6 Å². The summed E-state index contributed by atoms with van der Waals surface area (Å²) < 4.78 is 5.02. The molecule has 172 valence electrons. The Bertz CT molecular complexity index is 355. The summed E-state index contributed by atoms with van der Waals surface area (Å²) in [5.41, 5.74) is 0. The molecular weight excluding hydrogens is 376 g/mol. The summed E-state index contributed by atoms with van der Waals surface area (Å²) in [6, 6.07) is 0. The molecule has 29 heavy (non-hydrogen) atoms. The van der Waals surface area contributed by atoms with Crippen LogP contribution in [0.4, 0.5) is 0 Å². The maximum Gasteiger partial charge on any atom is 0.305 e. The monoisotopic (exact) mass is 426 g/mol. The molecule has 3 heteroatoms. The molecule has 0 saturated heterocycles. The van der Waals surface area contributed by atoms with E-state index in [0.717, 1.165) is 12.8 Å². The smallest absolute Gasteiger partial charge is 0.305 e. The Kier molecular flexibility index (Phi) is 25.2. The van der Waals surface area contributed by atoms with E-state index < -0.39 is 0 Å². The molecule has 0 rings (SSSR count). The zero-order valence-electron chi connectivity index (χ0n) is 19.5. The molecule has 0 radical (unpaired) electrons. The minimum atomic E-state index is -0.0614. The van der Waals surface area contributed by atoms with Gasteiger partial charge in [-0.2, -0.15) is 12.6 Å². The molecule has 0 fully saturated rings. The molecule has 0 spiro atoms. The van der Waals surface area contributed by atoms with Gasteiger partial charge in [0.1, 0.15) is 6.61 Å². The van der Waals surface area contributed by atoms with Gasteiger partial charge in [0, 0.05) is 12.2 Å². The fraction of sp³-hybridized carbons (Fsp3) is 0.885. The molecule has 2 nitrogen and oxygen atoms in total. The van der Waals surface area contributed by atoms with Crippen LogP contribution in [0.3, 0.4) is 0 Å². The van der Waals surface area contributed by atoms with Crippen LogP contribution in [0.1, 0.15) is 135 Å². The zero-order valence-corrected chi connectivity index (χ0v) is 20.4. The summed E-state index contributed by atoms with van der Waals surface area (Å²) in [5, 5.41) is 0. The standard InChI is InChI=1S/C26H50O2S/c1-2-3-4-5-6-7-8-9-10-11-12-13-14-15-16-17-18-19-20-21-22-23-26(27)28-24-25-29/h6-7,29H,2-5,8-25H2,1H3/b7-6+. The van der Waals surface area contributed by atoms with Gasteiger partial charge in [0.15, 0.2) is 0 Å². The predicted molar refractivity (Wildman–Crippen MR) is 132 cm³/mol. The molecule has 0 heterocycles. The molecule has 0 saturated carbocycles. The fourth-order valence-electron chi connectivity index (χ4n) is 3.63. The third kappa shape index (κ3) is 25.5. The maximum atomic E-state index is 11.3. The molecule has 0 aromatic heterocycles. The van der Waals surface area contributed by atoms with E-state index >= 15 is 0 Å². The van der Waals surface area contributed by atoms with Gasteiger partial charge in [-0.15, -0.1) is 0 Å². The summed E-state index contributed by atoms with van der Waals surface area (Å²) in [4.78, 5) is 11.3. The average Bonchev–Trinajstić information content (AvgIpc) is 2.73. The molecule has 0 unspecified atom stereocenters. The molecule has 0 aliphatic carbocycles. The number of carbonyl (C=O) groups excluding carboxylic acids is 1. The summed E-state index contributed by atoms with van der Waals surface area (Å²) in [5.74, 6) is 0.553. The third-order valence-electron chi connectivity index (χ3n) is 5.50. The molecule has 0 atom stereocenters. The minimum absolute atomic E-state index is 0.0614. The van der Waals surface area contributed by atoms with Crippen molar-refractivity contribution in [3.05, 3.63) is 12.2 Å². The SMILES string of the molecule is CCCCC/C=C/CCCCCCCCCCCCCCCCC(=O)OCCS. The van der Waals surface area contributed by atoms with Gasteiger partial charge in [-0.05, 0) is 32.1 Å². The van der Waals surface area contributed by atoms with Gasteiger partial charge >= 0.3 is 5.97 Å². The lowest BCUT2D eigenvalue weighted by atomic mass is 10.0. The molecular formula is C26H50O2S. The van der Waals surface area contributed by atoms with Crippen LogP contribution in [-0.2, 0) is 9.53 Å². The van der Waals surface area contributed by atoms with Crippen molar-refractivity contribution in [1.29, 1.82) is 0 Å².